The van der Waals surface area contributed by atoms with E-state index in [4.69, 9.17) is 0 Å². The van der Waals surface area contributed by atoms with Crippen LogP contribution in [0.5, 0.6) is 0 Å². The van der Waals surface area contributed by atoms with Gasteiger partial charge in [-0.1, -0.05) is 31.7 Å². The molecule has 0 saturated heterocycles. The number of anilines is 1. The molecule has 0 unspecified atom stereocenters. The Hall–Kier alpha value is -1.05. The summed E-state index contributed by atoms with van der Waals surface area (Å²) in [4.78, 5) is 4.39. The molecule has 0 aromatic carbocycles. The first kappa shape index (κ1) is 10.5. The molecule has 0 aliphatic heterocycles. The number of aromatic nitrogens is 1. The lowest BCUT2D eigenvalue weighted by atomic mass is 10.1. The number of hydrogen-bond acceptors (Lipinski definition) is 2. The molecule has 1 aromatic heterocycles. The van der Waals surface area contributed by atoms with Crippen LogP contribution < -0.4 is 5.32 Å². The van der Waals surface area contributed by atoms with Gasteiger partial charge in [0.05, 0.1) is 0 Å². The summed E-state index contributed by atoms with van der Waals surface area (Å²) in [5, 5.41) is 3.54. The van der Waals surface area contributed by atoms with Crippen molar-refractivity contribution in [3.8, 4) is 0 Å². The first-order valence-electron chi connectivity index (χ1n) is 6.04. The fraction of sp³-hybridized carbons (Fsp3) is 0.615. The van der Waals surface area contributed by atoms with E-state index in [1.165, 1.54) is 44.1 Å². The van der Waals surface area contributed by atoms with Crippen LogP contribution in [0.1, 0.15) is 44.1 Å². The van der Waals surface area contributed by atoms with Gasteiger partial charge in [0, 0.05) is 12.2 Å². The van der Waals surface area contributed by atoms with E-state index in [-0.39, 0.29) is 0 Å². The number of aryl methyl sites for hydroxylation is 1. The fourth-order valence-electron chi connectivity index (χ4n) is 2.19. The maximum Gasteiger partial charge on any atom is 0.126 e. The van der Waals surface area contributed by atoms with Crippen LogP contribution in [-0.4, -0.2) is 11.0 Å². The van der Waals surface area contributed by atoms with Crippen LogP contribution >= 0.6 is 0 Å². The molecular formula is C13H20N2. The summed E-state index contributed by atoms with van der Waals surface area (Å²) in [6, 6.07) is 4.84. The molecule has 1 fully saturated rings. The smallest absolute Gasteiger partial charge is 0.126 e. The Bertz CT molecular complexity index is 284. The zero-order valence-corrected chi connectivity index (χ0v) is 9.50. The van der Waals surface area contributed by atoms with E-state index in [2.05, 4.69) is 29.4 Å². The van der Waals surface area contributed by atoms with E-state index >= 15 is 0 Å². The van der Waals surface area contributed by atoms with Crippen molar-refractivity contribution in [3.05, 3.63) is 23.9 Å². The molecule has 0 bridgehead atoms. The lowest BCUT2D eigenvalue weighted by molar-refractivity contribution is 0.617. The molecule has 1 heterocycles. The van der Waals surface area contributed by atoms with E-state index in [0.717, 1.165) is 5.82 Å². The first-order chi connectivity index (χ1) is 7.34. The quantitative estimate of drug-likeness (QED) is 0.745. The Kier molecular flexibility index (Phi) is 3.59. The predicted octanol–water partition coefficient (Wildman–Crippen LogP) is 3.52. The Morgan fingerprint density at radius 1 is 1.13 bits per heavy atom. The van der Waals surface area contributed by atoms with Crippen LogP contribution in [0, 0.1) is 6.92 Å². The van der Waals surface area contributed by atoms with Crippen molar-refractivity contribution in [1.82, 2.24) is 4.98 Å². The summed E-state index contributed by atoms with van der Waals surface area (Å²) in [7, 11) is 0. The topological polar surface area (TPSA) is 24.9 Å². The van der Waals surface area contributed by atoms with Crippen molar-refractivity contribution in [2.75, 3.05) is 5.32 Å². The van der Waals surface area contributed by atoms with Crippen molar-refractivity contribution in [3.63, 3.8) is 0 Å². The van der Waals surface area contributed by atoms with Gasteiger partial charge >= 0.3 is 0 Å². The molecular weight excluding hydrogens is 184 g/mol. The van der Waals surface area contributed by atoms with Crippen LogP contribution in [0.2, 0.25) is 0 Å². The first-order valence-corrected chi connectivity index (χ1v) is 6.04. The molecule has 1 aliphatic carbocycles. The minimum Gasteiger partial charge on any atom is -0.367 e. The van der Waals surface area contributed by atoms with E-state index in [0.29, 0.717) is 6.04 Å². The third kappa shape index (κ3) is 3.22. The zero-order chi connectivity index (χ0) is 10.5. The van der Waals surface area contributed by atoms with Crippen LogP contribution in [0.3, 0.4) is 0 Å². The highest BCUT2D eigenvalue weighted by Gasteiger charge is 2.11. The number of rotatable bonds is 2. The van der Waals surface area contributed by atoms with Crippen LogP contribution in [0.15, 0.2) is 18.3 Å². The number of pyridine rings is 1. The maximum absolute atomic E-state index is 4.39. The minimum absolute atomic E-state index is 0.641. The van der Waals surface area contributed by atoms with E-state index in [1.807, 2.05) is 6.20 Å². The van der Waals surface area contributed by atoms with Crippen molar-refractivity contribution < 1.29 is 0 Å². The summed E-state index contributed by atoms with van der Waals surface area (Å²) < 4.78 is 0. The van der Waals surface area contributed by atoms with Gasteiger partial charge in [-0.25, -0.2) is 4.98 Å². The van der Waals surface area contributed by atoms with Gasteiger partial charge in [0.15, 0.2) is 0 Å². The second kappa shape index (κ2) is 5.15. The molecule has 0 amide bonds. The summed E-state index contributed by atoms with van der Waals surface area (Å²) >= 11 is 0. The zero-order valence-electron chi connectivity index (χ0n) is 9.50. The molecule has 1 aliphatic rings. The number of nitrogens with one attached hydrogen (secondary N) is 1. The molecule has 0 spiro atoms. The maximum atomic E-state index is 4.39. The largest absolute Gasteiger partial charge is 0.367 e. The second-order valence-corrected chi connectivity index (χ2v) is 4.55. The Morgan fingerprint density at radius 2 is 1.87 bits per heavy atom. The molecule has 1 aromatic rings. The molecule has 0 atom stereocenters. The summed E-state index contributed by atoms with van der Waals surface area (Å²) in [6.45, 7) is 2.07. The standard InChI is InChI=1S/C13H20N2/c1-11-8-9-13(14-10-11)15-12-6-4-2-3-5-7-12/h8-10,12H,2-7H2,1H3,(H,14,15). The van der Waals surface area contributed by atoms with E-state index in [1.54, 1.807) is 0 Å². The van der Waals surface area contributed by atoms with Gasteiger partial charge in [-0.15, -0.1) is 0 Å². The fourth-order valence-corrected chi connectivity index (χ4v) is 2.19. The normalized spacial score (nSPS) is 18.5. The Morgan fingerprint density at radius 3 is 2.47 bits per heavy atom. The average Bonchev–Trinajstić information content (AvgIpc) is 2.50. The van der Waals surface area contributed by atoms with E-state index in [9.17, 15) is 0 Å². The van der Waals surface area contributed by atoms with Gasteiger partial charge in [-0.3, -0.25) is 0 Å². The van der Waals surface area contributed by atoms with Crippen LogP contribution in [0.4, 0.5) is 5.82 Å². The van der Waals surface area contributed by atoms with Gasteiger partial charge < -0.3 is 5.32 Å². The number of hydrogen-bond donors (Lipinski definition) is 1. The minimum atomic E-state index is 0.641. The monoisotopic (exact) mass is 204 g/mol. The molecule has 2 rings (SSSR count). The summed E-state index contributed by atoms with van der Waals surface area (Å²) in [5.74, 6) is 1.03. The molecule has 2 nitrogen and oxygen atoms in total. The highest BCUT2D eigenvalue weighted by atomic mass is 15.0. The SMILES string of the molecule is Cc1ccc(NC2CCCCCC2)nc1. The lowest BCUT2D eigenvalue weighted by Crippen LogP contribution is -2.18. The molecule has 1 N–H and O–H groups in total. The molecule has 2 heteroatoms. The van der Waals surface area contributed by atoms with Gasteiger partial charge in [-0.2, -0.15) is 0 Å². The Labute approximate surface area is 92.1 Å². The molecule has 15 heavy (non-hydrogen) atoms. The highest BCUT2D eigenvalue weighted by molar-refractivity contribution is 5.36. The van der Waals surface area contributed by atoms with Crippen LogP contribution in [0.25, 0.3) is 0 Å². The third-order valence-electron chi connectivity index (χ3n) is 3.12. The summed E-state index contributed by atoms with van der Waals surface area (Å²) in [5.41, 5.74) is 1.22. The molecule has 1 saturated carbocycles. The van der Waals surface area contributed by atoms with Gasteiger partial charge in [0.2, 0.25) is 0 Å². The van der Waals surface area contributed by atoms with Crippen molar-refractivity contribution >= 4 is 5.82 Å². The lowest BCUT2D eigenvalue weighted by Gasteiger charge is -2.16. The van der Waals surface area contributed by atoms with Crippen LogP contribution in [-0.2, 0) is 0 Å². The van der Waals surface area contributed by atoms with Gasteiger partial charge in [0.1, 0.15) is 5.82 Å². The molecule has 82 valence electrons. The highest BCUT2D eigenvalue weighted by Crippen LogP contribution is 2.20. The molecule has 0 radical (unpaired) electrons. The summed E-state index contributed by atoms with van der Waals surface area (Å²) in [6.07, 6.45) is 10.1. The van der Waals surface area contributed by atoms with Gasteiger partial charge in [-0.05, 0) is 31.4 Å². The average molecular weight is 204 g/mol. The van der Waals surface area contributed by atoms with Crippen molar-refractivity contribution in [2.45, 2.75) is 51.5 Å². The van der Waals surface area contributed by atoms with Crippen molar-refractivity contribution in [2.24, 2.45) is 0 Å². The van der Waals surface area contributed by atoms with Crippen molar-refractivity contribution in [1.29, 1.82) is 0 Å². The predicted molar refractivity (Wildman–Crippen MR) is 64.1 cm³/mol. The number of nitrogens with zero attached hydrogens (tertiary/aromatic N) is 1. The Balaban J connectivity index is 1.92. The second-order valence-electron chi connectivity index (χ2n) is 4.55. The van der Waals surface area contributed by atoms with Gasteiger partial charge in [0.25, 0.3) is 0 Å². The van der Waals surface area contributed by atoms with E-state index < -0.39 is 0 Å². The third-order valence-corrected chi connectivity index (χ3v) is 3.12.